The molecule has 9 heteroatoms. The van der Waals surface area contributed by atoms with E-state index in [1.807, 2.05) is 73.3 Å². The number of sulfonamides is 1. The van der Waals surface area contributed by atoms with Crippen LogP contribution in [-0.4, -0.2) is 23.9 Å². The number of nitrogens with one attached hydrogen (secondary N) is 1. The van der Waals surface area contributed by atoms with Gasteiger partial charge < -0.3 is 9.47 Å². The molecule has 40 heavy (non-hydrogen) atoms. The Morgan fingerprint density at radius 1 is 1.12 bits per heavy atom. The highest BCUT2D eigenvalue weighted by molar-refractivity contribution is 7.89. The maximum atomic E-state index is 14.4. The van der Waals surface area contributed by atoms with Crippen LogP contribution < -0.4 is 9.62 Å². The number of hydrogen-bond donors (Lipinski definition) is 1. The molecule has 3 aromatic carbocycles. The Bertz CT molecular complexity index is 1600. The fourth-order valence-corrected chi connectivity index (χ4v) is 6.60. The molecule has 4 aromatic rings. The van der Waals surface area contributed by atoms with Crippen molar-refractivity contribution in [2.24, 2.45) is 7.05 Å². The highest BCUT2D eigenvalue weighted by Crippen LogP contribution is 2.35. The van der Waals surface area contributed by atoms with E-state index >= 15 is 0 Å². The minimum atomic E-state index is -4.09. The Labute approximate surface area is 234 Å². The summed E-state index contributed by atoms with van der Waals surface area (Å²) in [6.07, 6.45) is 6.00. The van der Waals surface area contributed by atoms with Gasteiger partial charge in [0.25, 0.3) is 0 Å². The van der Waals surface area contributed by atoms with Gasteiger partial charge in [-0.25, -0.2) is 22.5 Å². The van der Waals surface area contributed by atoms with Crippen molar-refractivity contribution in [2.45, 2.75) is 56.0 Å². The maximum absolute atomic E-state index is 14.4. The molecule has 1 aliphatic rings. The van der Waals surface area contributed by atoms with E-state index < -0.39 is 21.9 Å². The topological polar surface area (TPSA) is 84.3 Å². The average Bonchev–Trinajstić information content (AvgIpc) is 3.36. The predicted octanol–water partition coefficient (Wildman–Crippen LogP) is 5.64. The monoisotopic (exact) mass is 560 g/mol. The van der Waals surface area contributed by atoms with Gasteiger partial charge in [-0.3, -0.25) is 4.79 Å². The Hall–Kier alpha value is -3.82. The van der Waals surface area contributed by atoms with Gasteiger partial charge in [0.2, 0.25) is 15.9 Å². The number of benzene rings is 3. The molecule has 0 saturated carbocycles. The minimum Gasteiger partial charge on any atom is -0.337 e. The summed E-state index contributed by atoms with van der Waals surface area (Å²) >= 11 is 0. The van der Waals surface area contributed by atoms with E-state index in [1.54, 1.807) is 11.1 Å². The zero-order chi connectivity index (χ0) is 28.3. The van der Waals surface area contributed by atoms with Crippen LogP contribution in [0.25, 0.3) is 0 Å². The molecule has 5 rings (SSSR count). The molecule has 2 unspecified atom stereocenters. The Morgan fingerprint density at radius 2 is 1.88 bits per heavy atom. The number of aryl methyl sites for hydroxylation is 2. The molecule has 0 saturated heterocycles. The Balaban J connectivity index is 1.47. The van der Waals surface area contributed by atoms with Gasteiger partial charge in [-0.2, -0.15) is 0 Å². The van der Waals surface area contributed by atoms with E-state index in [4.69, 9.17) is 0 Å². The van der Waals surface area contributed by atoms with Crippen LogP contribution >= 0.6 is 0 Å². The summed E-state index contributed by atoms with van der Waals surface area (Å²) in [5.74, 6) is -0.108. The molecule has 0 radical (unpaired) electrons. The van der Waals surface area contributed by atoms with Crippen molar-refractivity contribution < 1.29 is 17.6 Å². The van der Waals surface area contributed by atoms with Crippen LogP contribution in [0.15, 0.2) is 90.1 Å². The van der Waals surface area contributed by atoms with Gasteiger partial charge in [-0.05, 0) is 66.1 Å². The van der Waals surface area contributed by atoms with Gasteiger partial charge in [0.1, 0.15) is 16.5 Å². The van der Waals surface area contributed by atoms with Gasteiger partial charge in [0.05, 0.1) is 6.54 Å². The number of amides is 1. The molecular weight excluding hydrogens is 527 g/mol. The third-order valence-electron chi connectivity index (χ3n) is 7.55. The second-order valence-electron chi connectivity index (χ2n) is 10.3. The average molecular weight is 561 g/mol. The molecule has 0 bridgehead atoms. The van der Waals surface area contributed by atoms with E-state index in [2.05, 4.69) is 9.71 Å². The van der Waals surface area contributed by atoms with Gasteiger partial charge in [-0.1, -0.05) is 55.5 Å². The van der Waals surface area contributed by atoms with E-state index in [0.29, 0.717) is 18.5 Å². The van der Waals surface area contributed by atoms with Crippen molar-refractivity contribution in [3.8, 4) is 0 Å². The Morgan fingerprint density at radius 3 is 2.60 bits per heavy atom. The molecule has 7 nitrogen and oxygen atoms in total. The van der Waals surface area contributed by atoms with Crippen LogP contribution in [0.5, 0.6) is 0 Å². The molecule has 0 fully saturated rings. The second kappa shape index (κ2) is 11.7. The van der Waals surface area contributed by atoms with Crippen molar-refractivity contribution in [1.29, 1.82) is 0 Å². The van der Waals surface area contributed by atoms with Gasteiger partial charge in [-0.15, -0.1) is 0 Å². The molecule has 2 atom stereocenters. The van der Waals surface area contributed by atoms with E-state index in [9.17, 15) is 17.6 Å². The number of aromatic nitrogens is 2. The van der Waals surface area contributed by atoms with Crippen LogP contribution in [0.1, 0.15) is 60.7 Å². The number of carbonyl (C=O) groups is 1. The lowest BCUT2D eigenvalue weighted by molar-refractivity contribution is -0.119. The number of carbonyl (C=O) groups excluding carboxylic acids is 1. The van der Waals surface area contributed by atoms with Crippen LogP contribution in [0.4, 0.5) is 10.1 Å². The lowest BCUT2D eigenvalue weighted by Crippen LogP contribution is -2.34. The van der Waals surface area contributed by atoms with Crippen molar-refractivity contribution in [3.63, 3.8) is 0 Å². The highest BCUT2D eigenvalue weighted by atomic mass is 32.2. The fraction of sp³-hybridized carbons (Fsp3) is 0.290. The summed E-state index contributed by atoms with van der Waals surface area (Å²) in [5, 5.41) is 0. The first-order valence-electron chi connectivity index (χ1n) is 13.4. The Kier molecular flexibility index (Phi) is 8.14. The summed E-state index contributed by atoms with van der Waals surface area (Å²) in [7, 11) is -2.21. The largest absolute Gasteiger partial charge is 0.337 e. The predicted molar refractivity (Wildman–Crippen MR) is 153 cm³/mol. The standard InChI is InChI=1S/C31H33FN4O3S/c1-22(23-9-4-3-5-10-23)19-31(37)36(21-30-33-17-18-35(30)2)25-16-15-24-11-8-13-28(26(24)20-25)34-40(38,39)29-14-7-6-12-27(29)32/h3-7,9-10,12,14-18,20,22,28,34H,8,11,13,19,21H2,1-2H3. The summed E-state index contributed by atoms with van der Waals surface area (Å²) < 4.78 is 45.2. The number of halogens is 1. The number of anilines is 1. The molecule has 1 N–H and O–H groups in total. The zero-order valence-electron chi connectivity index (χ0n) is 22.6. The third-order valence-corrected chi connectivity index (χ3v) is 9.05. The van der Waals surface area contributed by atoms with Crippen LogP contribution in [-0.2, 0) is 34.8 Å². The summed E-state index contributed by atoms with van der Waals surface area (Å²) in [6, 6.07) is 20.5. The van der Waals surface area contributed by atoms with Crippen molar-refractivity contribution in [1.82, 2.24) is 14.3 Å². The quantitative estimate of drug-likeness (QED) is 0.287. The molecular formula is C31H33FN4O3S. The molecule has 1 heterocycles. The molecule has 1 aromatic heterocycles. The normalized spacial score (nSPS) is 15.8. The number of rotatable bonds is 9. The number of nitrogens with zero attached hydrogens (tertiary/aromatic N) is 3. The second-order valence-corrected chi connectivity index (χ2v) is 12.0. The third kappa shape index (κ3) is 6.00. The van der Waals surface area contributed by atoms with E-state index in [1.165, 1.54) is 18.2 Å². The summed E-state index contributed by atoms with van der Waals surface area (Å²) in [5.41, 5.74) is 3.57. The van der Waals surface area contributed by atoms with Crippen LogP contribution in [0.2, 0.25) is 0 Å². The van der Waals surface area contributed by atoms with Crippen molar-refractivity contribution in [3.05, 3.63) is 114 Å². The molecule has 1 aliphatic carbocycles. The van der Waals surface area contributed by atoms with Gasteiger partial charge in [0.15, 0.2) is 0 Å². The SMILES string of the molecule is CC(CC(=O)N(Cc1nccn1C)c1ccc2c(c1)C(NS(=O)(=O)c1ccccc1F)CCC2)c1ccccc1. The van der Waals surface area contributed by atoms with Crippen molar-refractivity contribution >= 4 is 21.6 Å². The molecule has 208 valence electrons. The van der Waals surface area contributed by atoms with Crippen molar-refractivity contribution in [2.75, 3.05) is 4.90 Å². The van der Waals surface area contributed by atoms with Crippen LogP contribution in [0, 0.1) is 5.82 Å². The minimum absolute atomic E-state index is 0.00975. The number of imidazole rings is 1. The first kappa shape index (κ1) is 27.7. The lowest BCUT2D eigenvalue weighted by atomic mass is 9.87. The summed E-state index contributed by atoms with van der Waals surface area (Å²) in [6.45, 7) is 2.31. The zero-order valence-corrected chi connectivity index (χ0v) is 23.4. The van der Waals surface area contributed by atoms with Gasteiger partial charge >= 0.3 is 0 Å². The first-order chi connectivity index (χ1) is 19.2. The summed E-state index contributed by atoms with van der Waals surface area (Å²) in [4.78, 5) is 19.6. The first-order valence-corrected chi connectivity index (χ1v) is 14.9. The fourth-order valence-electron chi connectivity index (χ4n) is 5.28. The van der Waals surface area contributed by atoms with Gasteiger partial charge in [0, 0.05) is 37.6 Å². The molecule has 1 amide bonds. The number of hydrogen-bond acceptors (Lipinski definition) is 4. The lowest BCUT2D eigenvalue weighted by Gasteiger charge is -2.30. The number of fused-ring (bicyclic) bond motifs is 1. The van der Waals surface area contributed by atoms with E-state index in [0.717, 1.165) is 41.4 Å². The highest BCUT2D eigenvalue weighted by Gasteiger charge is 2.29. The molecule has 0 spiro atoms. The van der Waals surface area contributed by atoms with Crippen LogP contribution in [0.3, 0.4) is 0 Å². The molecule has 0 aliphatic heterocycles. The van der Waals surface area contributed by atoms with E-state index in [-0.39, 0.29) is 23.3 Å². The maximum Gasteiger partial charge on any atom is 0.244 e. The smallest absolute Gasteiger partial charge is 0.244 e.